The number of nitro groups is 1. The fraction of sp³-hybridized carbons (Fsp3) is 0.889. The van der Waals surface area contributed by atoms with Gasteiger partial charge in [-0.15, -0.1) is 0 Å². The molecule has 0 spiro atoms. The van der Waals surface area contributed by atoms with Crippen molar-refractivity contribution < 1.29 is 9.66 Å². The highest BCUT2D eigenvalue weighted by atomic mass is 79.9. The molecule has 2 unspecified atom stereocenters. The lowest BCUT2D eigenvalue weighted by Gasteiger charge is -2.25. The summed E-state index contributed by atoms with van der Waals surface area (Å²) in [6.45, 7) is 3.23. The lowest BCUT2D eigenvalue weighted by atomic mass is 10.1. The van der Waals surface area contributed by atoms with E-state index in [2.05, 4.69) is 31.9 Å². The Bertz CT molecular complexity index is 325. The second kappa shape index (κ2) is 5.62. The van der Waals surface area contributed by atoms with Crippen molar-refractivity contribution in [1.82, 2.24) is 4.90 Å². The first-order valence-electron chi connectivity index (χ1n) is 5.19. The van der Waals surface area contributed by atoms with Gasteiger partial charge in [0.1, 0.15) is 0 Å². The normalized spacial score (nSPS) is 24.7. The van der Waals surface area contributed by atoms with Crippen LogP contribution in [0.5, 0.6) is 0 Å². The van der Waals surface area contributed by atoms with Crippen molar-refractivity contribution in [3.05, 3.63) is 10.1 Å². The molecule has 0 aromatic carbocycles. The number of amidine groups is 1. The van der Waals surface area contributed by atoms with Gasteiger partial charge in [0.05, 0.1) is 17.6 Å². The highest BCUT2D eigenvalue weighted by molar-refractivity contribution is 9.25. The molecule has 1 saturated heterocycles. The molecule has 0 aliphatic carbocycles. The monoisotopic (exact) mass is 371 g/mol. The van der Waals surface area contributed by atoms with Crippen LogP contribution in [0.15, 0.2) is 0 Å². The topological polar surface area (TPSA) is 79.5 Å². The summed E-state index contributed by atoms with van der Waals surface area (Å²) in [7, 11) is 1.67. The van der Waals surface area contributed by atoms with Gasteiger partial charge in [0.25, 0.3) is 0 Å². The smallest absolute Gasteiger partial charge is 0.378 e. The molecular formula is C9H15Br2N3O3. The van der Waals surface area contributed by atoms with E-state index in [-0.39, 0.29) is 11.9 Å². The quantitative estimate of drug-likeness (QED) is 0.204. The van der Waals surface area contributed by atoms with Crippen LogP contribution in [0.2, 0.25) is 0 Å². The van der Waals surface area contributed by atoms with Crippen LogP contribution in [0.25, 0.3) is 0 Å². The number of nitrogens with zero attached hydrogens (tertiary/aromatic N) is 2. The molecule has 1 fully saturated rings. The standard InChI is InChI=1S/C9H15Br2N3O3/c1-6-3-7(5-17-6)4-13(2)8(12)9(10,11)14(15)16/h6-7,12H,3-5H2,1-2H3. The van der Waals surface area contributed by atoms with E-state index in [1.165, 1.54) is 0 Å². The molecule has 0 amide bonds. The van der Waals surface area contributed by atoms with E-state index in [0.717, 1.165) is 6.42 Å². The first kappa shape index (κ1) is 14.8. The number of alkyl halides is 2. The van der Waals surface area contributed by atoms with Crippen molar-refractivity contribution >= 4 is 37.7 Å². The van der Waals surface area contributed by atoms with Crippen LogP contribution in [0, 0.1) is 21.4 Å². The maximum atomic E-state index is 10.8. The van der Waals surface area contributed by atoms with Gasteiger partial charge in [-0.25, -0.2) is 0 Å². The predicted octanol–water partition coefficient (Wildman–Crippen LogP) is 2.04. The van der Waals surface area contributed by atoms with Gasteiger partial charge < -0.3 is 9.64 Å². The minimum Gasteiger partial charge on any atom is -0.378 e. The van der Waals surface area contributed by atoms with Gasteiger partial charge in [-0.05, 0) is 13.3 Å². The van der Waals surface area contributed by atoms with Crippen LogP contribution in [0.3, 0.4) is 0 Å². The first-order valence-corrected chi connectivity index (χ1v) is 6.77. The summed E-state index contributed by atoms with van der Waals surface area (Å²) in [5, 5.41) is 18.6. The van der Waals surface area contributed by atoms with Gasteiger partial charge in [-0.2, -0.15) is 0 Å². The van der Waals surface area contributed by atoms with Gasteiger partial charge in [0.2, 0.25) is 0 Å². The number of ether oxygens (including phenoxy) is 1. The molecule has 98 valence electrons. The highest BCUT2D eigenvalue weighted by Crippen LogP contribution is 2.30. The Morgan fingerprint density at radius 3 is 2.71 bits per heavy atom. The van der Waals surface area contributed by atoms with Crippen LogP contribution >= 0.6 is 31.9 Å². The summed E-state index contributed by atoms with van der Waals surface area (Å²) >= 11 is 5.79. The zero-order valence-corrected chi connectivity index (χ0v) is 12.8. The maximum absolute atomic E-state index is 10.8. The molecule has 0 aromatic rings. The Balaban J connectivity index is 2.55. The third kappa shape index (κ3) is 3.62. The zero-order valence-electron chi connectivity index (χ0n) is 9.65. The summed E-state index contributed by atoms with van der Waals surface area (Å²) in [6.07, 6.45) is 1.16. The summed E-state index contributed by atoms with van der Waals surface area (Å²) in [6, 6.07) is 0. The van der Waals surface area contributed by atoms with Crippen LogP contribution in [-0.4, -0.2) is 45.3 Å². The molecule has 6 nitrogen and oxygen atoms in total. The summed E-state index contributed by atoms with van der Waals surface area (Å²) in [5.74, 6) is 0.194. The third-order valence-corrected chi connectivity index (χ3v) is 4.04. The first-order chi connectivity index (χ1) is 7.75. The van der Waals surface area contributed by atoms with E-state index in [4.69, 9.17) is 10.1 Å². The molecular weight excluding hydrogens is 358 g/mol. The van der Waals surface area contributed by atoms with Gasteiger partial charge in [0, 0.05) is 51.4 Å². The molecule has 1 aliphatic heterocycles. The van der Waals surface area contributed by atoms with E-state index >= 15 is 0 Å². The Hall–Kier alpha value is -0.210. The average Bonchev–Trinajstić information content (AvgIpc) is 2.62. The molecule has 1 aliphatic rings. The minimum atomic E-state index is -1.71. The molecule has 2 atom stereocenters. The Kier molecular flexibility index (Phi) is 4.91. The van der Waals surface area contributed by atoms with Crippen LogP contribution in [0.4, 0.5) is 0 Å². The Morgan fingerprint density at radius 2 is 2.29 bits per heavy atom. The summed E-state index contributed by atoms with van der Waals surface area (Å²) in [5.41, 5.74) is 0. The third-order valence-electron chi connectivity index (χ3n) is 2.71. The van der Waals surface area contributed by atoms with Gasteiger partial charge in [-0.1, -0.05) is 0 Å². The number of rotatable bonds is 4. The van der Waals surface area contributed by atoms with Crippen molar-refractivity contribution in [2.45, 2.75) is 22.8 Å². The molecule has 8 heteroatoms. The van der Waals surface area contributed by atoms with Gasteiger partial charge >= 0.3 is 3.36 Å². The number of hydrogen-bond acceptors (Lipinski definition) is 4. The van der Waals surface area contributed by atoms with Crippen molar-refractivity contribution in [2.75, 3.05) is 20.2 Å². The molecule has 1 heterocycles. The SMILES string of the molecule is CC1CC(CN(C)C(=N)C(Br)(Br)[N+](=O)[O-])CO1. The number of nitrogens with one attached hydrogen (secondary N) is 1. The predicted molar refractivity (Wildman–Crippen MR) is 71.5 cm³/mol. The lowest BCUT2D eigenvalue weighted by molar-refractivity contribution is -0.487. The van der Waals surface area contributed by atoms with E-state index in [0.29, 0.717) is 19.1 Å². The maximum Gasteiger partial charge on any atom is 0.382 e. The van der Waals surface area contributed by atoms with Gasteiger partial charge in [-0.3, -0.25) is 15.5 Å². The molecule has 17 heavy (non-hydrogen) atoms. The van der Waals surface area contributed by atoms with Crippen molar-refractivity contribution in [1.29, 1.82) is 5.41 Å². The Labute approximate surface area is 117 Å². The van der Waals surface area contributed by atoms with E-state index in [1.54, 1.807) is 11.9 Å². The molecule has 0 saturated carbocycles. The fourth-order valence-corrected chi connectivity index (χ4v) is 2.43. The van der Waals surface area contributed by atoms with Crippen molar-refractivity contribution in [3.8, 4) is 0 Å². The van der Waals surface area contributed by atoms with Crippen LogP contribution in [-0.2, 0) is 4.74 Å². The Morgan fingerprint density at radius 1 is 1.71 bits per heavy atom. The van der Waals surface area contributed by atoms with Gasteiger partial charge in [0.15, 0.2) is 5.84 Å². The average molecular weight is 373 g/mol. The van der Waals surface area contributed by atoms with E-state index in [9.17, 15) is 10.1 Å². The van der Waals surface area contributed by atoms with Crippen LogP contribution < -0.4 is 0 Å². The molecule has 0 aromatic heterocycles. The molecule has 1 N–H and O–H groups in total. The number of halogens is 2. The molecule has 0 radical (unpaired) electrons. The second-order valence-corrected chi connectivity index (χ2v) is 7.63. The molecule has 1 rings (SSSR count). The molecule has 0 bridgehead atoms. The van der Waals surface area contributed by atoms with Crippen LogP contribution in [0.1, 0.15) is 13.3 Å². The minimum absolute atomic E-state index is 0.123. The largest absolute Gasteiger partial charge is 0.382 e. The number of likely N-dealkylation sites (N-methyl/N-ethyl adjacent to an activating group) is 1. The van der Waals surface area contributed by atoms with Crippen molar-refractivity contribution in [3.63, 3.8) is 0 Å². The number of hydrogen-bond donors (Lipinski definition) is 1. The highest BCUT2D eigenvalue weighted by Gasteiger charge is 2.44. The fourth-order valence-electron chi connectivity index (χ4n) is 1.83. The van der Waals surface area contributed by atoms with E-state index < -0.39 is 8.28 Å². The zero-order chi connectivity index (χ0) is 13.2. The summed E-state index contributed by atoms with van der Waals surface area (Å²) in [4.78, 5) is 11.8. The summed E-state index contributed by atoms with van der Waals surface area (Å²) < 4.78 is 3.72. The van der Waals surface area contributed by atoms with E-state index in [1.807, 2.05) is 6.92 Å². The van der Waals surface area contributed by atoms with Crippen molar-refractivity contribution in [2.24, 2.45) is 5.92 Å². The second-order valence-electron chi connectivity index (χ2n) is 4.27. The lowest BCUT2D eigenvalue weighted by Crippen LogP contribution is -2.45.